The molecule has 0 aliphatic heterocycles. The predicted molar refractivity (Wildman–Crippen MR) is 128 cm³/mol. The van der Waals surface area contributed by atoms with Gasteiger partial charge in [-0.3, -0.25) is 21.0 Å². The Morgan fingerprint density at radius 3 is 2.06 bits per heavy atom. The molecule has 8 nitrogen and oxygen atoms in total. The number of para-hydroxylation sites is 2. The fraction of sp³-hybridized carbons (Fsp3) is 0.200. The summed E-state index contributed by atoms with van der Waals surface area (Å²) in [6.07, 6.45) is 3.17. The number of rotatable bonds is 7. The highest BCUT2D eigenvalue weighted by Gasteiger charge is 2.25. The number of Topliss-reactive ketones (excluding diaryl/α,β-unsaturated/α-hetero) is 1. The first-order valence-electron chi connectivity index (χ1n) is 10.6. The van der Waals surface area contributed by atoms with Gasteiger partial charge in [0.2, 0.25) is 0 Å². The van der Waals surface area contributed by atoms with Crippen molar-refractivity contribution in [3.05, 3.63) is 78.4 Å². The Hall–Kier alpha value is -3.72. The van der Waals surface area contributed by atoms with E-state index in [1.807, 2.05) is 54.6 Å². The maximum absolute atomic E-state index is 12.4. The van der Waals surface area contributed by atoms with Crippen molar-refractivity contribution < 1.29 is 24.8 Å². The van der Waals surface area contributed by atoms with Crippen molar-refractivity contribution in [2.45, 2.75) is 19.3 Å². The van der Waals surface area contributed by atoms with E-state index in [0.717, 1.165) is 36.0 Å². The van der Waals surface area contributed by atoms with Gasteiger partial charge in [-0.05, 0) is 48.2 Å². The Morgan fingerprint density at radius 1 is 0.879 bits per heavy atom. The number of hydrogen-bond acceptors (Lipinski definition) is 6. The Bertz CT molecular complexity index is 1060. The Labute approximate surface area is 191 Å². The summed E-state index contributed by atoms with van der Waals surface area (Å²) in [4.78, 5) is 24.7. The normalized spacial score (nSPS) is 12.6. The highest BCUT2D eigenvalue weighted by atomic mass is 17.0. The molecule has 1 saturated carbocycles. The number of benzene rings is 3. The van der Waals surface area contributed by atoms with E-state index in [1.54, 1.807) is 18.2 Å². The molecule has 1 aliphatic rings. The fourth-order valence-corrected chi connectivity index (χ4v) is 3.55. The minimum atomic E-state index is -0.375. The summed E-state index contributed by atoms with van der Waals surface area (Å²) in [6.45, 7) is 0.0253. The van der Waals surface area contributed by atoms with Crippen LogP contribution in [0.25, 0.3) is 11.1 Å². The van der Waals surface area contributed by atoms with E-state index in [2.05, 4.69) is 10.6 Å². The number of anilines is 2. The molecule has 4 rings (SSSR count). The van der Waals surface area contributed by atoms with Crippen molar-refractivity contribution in [2.24, 2.45) is 11.7 Å². The number of carbonyl (C=O) groups is 2. The van der Waals surface area contributed by atoms with Crippen LogP contribution in [0.4, 0.5) is 16.2 Å². The number of amides is 2. The standard InChI is InChI=1S/C25H25N3O3.H2O2/c26-16-31-23-7-2-1-6-22(23)28-25(30)27-21-14-12-18(13-15-21)17-8-10-20(11-9-17)24(29)19-4-3-5-19;1-2/h1-2,6-15,19H,3-5,16,26H2,(H2,27,28,30);1-2H. The van der Waals surface area contributed by atoms with E-state index in [-0.39, 0.29) is 24.5 Å². The van der Waals surface area contributed by atoms with Gasteiger partial charge in [-0.1, -0.05) is 55.0 Å². The van der Waals surface area contributed by atoms with Gasteiger partial charge >= 0.3 is 6.03 Å². The summed E-state index contributed by atoms with van der Waals surface area (Å²) in [5.41, 5.74) is 9.44. The lowest BCUT2D eigenvalue weighted by Crippen LogP contribution is -2.21. The predicted octanol–water partition coefficient (Wildman–Crippen LogP) is 5.29. The summed E-state index contributed by atoms with van der Waals surface area (Å²) < 4.78 is 5.31. The van der Waals surface area contributed by atoms with E-state index in [4.69, 9.17) is 21.0 Å². The molecule has 0 atom stereocenters. The van der Waals surface area contributed by atoms with Crippen molar-refractivity contribution >= 4 is 23.2 Å². The molecule has 0 unspecified atom stereocenters. The van der Waals surface area contributed by atoms with E-state index >= 15 is 0 Å². The first-order chi connectivity index (χ1) is 16.1. The van der Waals surface area contributed by atoms with Crippen LogP contribution in [0, 0.1) is 5.92 Å². The molecule has 172 valence electrons. The second kappa shape index (κ2) is 11.8. The second-order valence-corrected chi connectivity index (χ2v) is 7.53. The van der Waals surface area contributed by atoms with Crippen LogP contribution in [0.2, 0.25) is 0 Å². The van der Waals surface area contributed by atoms with Crippen LogP contribution in [0.5, 0.6) is 5.75 Å². The molecule has 1 fully saturated rings. The smallest absolute Gasteiger partial charge is 0.323 e. The molecule has 0 saturated heterocycles. The molecule has 0 aromatic heterocycles. The van der Waals surface area contributed by atoms with E-state index in [1.165, 1.54) is 0 Å². The Balaban J connectivity index is 0.00000149. The van der Waals surface area contributed by atoms with Gasteiger partial charge in [0.05, 0.1) is 5.69 Å². The zero-order valence-corrected chi connectivity index (χ0v) is 18.0. The van der Waals surface area contributed by atoms with Crippen LogP contribution in [0.1, 0.15) is 29.6 Å². The average Bonchev–Trinajstić information content (AvgIpc) is 2.81. The molecule has 3 aromatic carbocycles. The largest absolute Gasteiger partial charge is 0.476 e. The number of hydrogen-bond donors (Lipinski definition) is 5. The lowest BCUT2D eigenvalue weighted by atomic mass is 9.80. The molecule has 33 heavy (non-hydrogen) atoms. The van der Waals surface area contributed by atoms with Crippen LogP contribution in [0.15, 0.2) is 72.8 Å². The monoisotopic (exact) mass is 449 g/mol. The highest BCUT2D eigenvalue weighted by molar-refractivity contribution is 6.01. The third-order valence-corrected chi connectivity index (χ3v) is 5.50. The molecular weight excluding hydrogens is 422 g/mol. The summed E-state index contributed by atoms with van der Waals surface area (Å²) >= 11 is 0. The van der Waals surface area contributed by atoms with Gasteiger partial charge in [-0.2, -0.15) is 0 Å². The molecule has 2 amide bonds. The van der Waals surface area contributed by atoms with Crippen molar-refractivity contribution in [2.75, 3.05) is 17.4 Å². The SMILES string of the molecule is NCOc1ccccc1NC(=O)Nc1ccc(-c2ccc(C(=O)C3CCC3)cc2)cc1.OO. The minimum absolute atomic E-state index is 0.0253. The van der Waals surface area contributed by atoms with Gasteiger partial charge in [0.15, 0.2) is 5.78 Å². The second-order valence-electron chi connectivity index (χ2n) is 7.53. The van der Waals surface area contributed by atoms with E-state index in [0.29, 0.717) is 17.1 Å². The lowest BCUT2D eigenvalue weighted by Gasteiger charge is -2.23. The maximum atomic E-state index is 12.4. The number of ketones is 1. The van der Waals surface area contributed by atoms with Gasteiger partial charge in [-0.25, -0.2) is 4.79 Å². The summed E-state index contributed by atoms with van der Waals surface area (Å²) in [5.74, 6) is 0.965. The first-order valence-corrected chi connectivity index (χ1v) is 10.6. The van der Waals surface area contributed by atoms with Crippen LogP contribution in [-0.2, 0) is 0 Å². The van der Waals surface area contributed by atoms with Gasteiger partial charge in [0.1, 0.15) is 12.5 Å². The van der Waals surface area contributed by atoms with E-state index in [9.17, 15) is 9.59 Å². The van der Waals surface area contributed by atoms with Crippen molar-refractivity contribution in [1.82, 2.24) is 0 Å². The molecule has 0 spiro atoms. The molecule has 0 bridgehead atoms. The number of nitrogens with two attached hydrogens (primary N) is 1. The van der Waals surface area contributed by atoms with Crippen molar-refractivity contribution in [3.8, 4) is 16.9 Å². The van der Waals surface area contributed by atoms with Gasteiger partial charge in [0.25, 0.3) is 0 Å². The summed E-state index contributed by atoms with van der Waals surface area (Å²) in [6, 6.07) is 22.0. The van der Waals surface area contributed by atoms with Gasteiger partial charge < -0.3 is 15.4 Å². The van der Waals surface area contributed by atoms with Crippen molar-refractivity contribution in [1.29, 1.82) is 0 Å². The number of ether oxygens (including phenoxy) is 1. The molecule has 0 radical (unpaired) electrons. The first kappa shape index (κ1) is 23.9. The average molecular weight is 450 g/mol. The molecule has 8 heteroatoms. The Morgan fingerprint density at radius 2 is 1.48 bits per heavy atom. The lowest BCUT2D eigenvalue weighted by molar-refractivity contribution is -0.176. The number of carbonyl (C=O) groups excluding carboxylic acids is 2. The van der Waals surface area contributed by atoms with E-state index < -0.39 is 0 Å². The topological polar surface area (TPSA) is 134 Å². The molecule has 3 aromatic rings. The number of nitrogens with one attached hydrogen (secondary N) is 2. The van der Waals surface area contributed by atoms with Crippen LogP contribution in [-0.4, -0.2) is 29.1 Å². The molecule has 6 N–H and O–H groups in total. The number of urea groups is 1. The zero-order chi connectivity index (χ0) is 23.6. The summed E-state index contributed by atoms with van der Waals surface area (Å²) in [7, 11) is 0. The third-order valence-electron chi connectivity index (χ3n) is 5.50. The highest BCUT2D eigenvalue weighted by Crippen LogP contribution is 2.30. The van der Waals surface area contributed by atoms with Crippen LogP contribution < -0.4 is 21.1 Å². The quantitative estimate of drug-likeness (QED) is 0.144. The van der Waals surface area contributed by atoms with Gasteiger partial charge in [0, 0.05) is 17.2 Å². The zero-order valence-electron chi connectivity index (χ0n) is 18.0. The molecule has 0 heterocycles. The third kappa shape index (κ3) is 6.17. The fourth-order valence-electron chi connectivity index (χ4n) is 3.55. The van der Waals surface area contributed by atoms with Crippen LogP contribution >= 0.6 is 0 Å². The Kier molecular flexibility index (Phi) is 8.54. The summed E-state index contributed by atoms with van der Waals surface area (Å²) in [5, 5.41) is 17.6. The maximum Gasteiger partial charge on any atom is 0.323 e. The van der Waals surface area contributed by atoms with Crippen LogP contribution in [0.3, 0.4) is 0 Å². The van der Waals surface area contributed by atoms with Gasteiger partial charge in [-0.15, -0.1) is 0 Å². The van der Waals surface area contributed by atoms with Crippen molar-refractivity contribution in [3.63, 3.8) is 0 Å². The molecular formula is C25H27N3O5. The minimum Gasteiger partial charge on any atom is -0.476 e. The molecule has 1 aliphatic carbocycles.